The molecule has 0 radical (unpaired) electrons. The van der Waals surface area contributed by atoms with Crippen molar-refractivity contribution in [1.29, 1.82) is 0 Å². The summed E-state index contributed by atoms with van der Waals surface area (Å²) in [6.07, 6.45) is 7.54. The van der Waals surface area contributed by atoms with Crippen LogP contribution in [0.2, 0.25) is 0 Å². The normalized spacial score (nSPS) is 18.6. The standard InChI is InChI=1S/C27H32N4O3/c1-18(13-26(32)25-15-29-30-19(25)2)21-5-7-23(8-6-21)34-24-10-12-31(16-24)22-9-11-28-27(14-22)33-17-20-3-4-20/h5-9,11,14-15,18,20,24H,3-4,10,12-13,16-17H2,1-2H3,(H,29,30)/t18-,24?/m1/s1. The Morgan fingerprint density at radius 1 is 1.21 bits per heavy atom. The summed E-state index contributed by atoms with van der Waals surface area (Å²) >= 11 is 0. The van der Waals surface area contributed by atoms with Gasteiger partial charge in [-0.1, -0.05) is 19.1 Å². The molecule has 1 aromatic carbocycles. The predicted octanol–water partition coefficient (Wildman–Crippen LogP) is 4.94. The van der Waals surface area contributed by atoms with E-state index in [1.54, 1.807) is 6.20 Å². The zero-order valence-electron chi connectivity index (χ0n) is 19.9. The first-order valence-electron chi connectivity index (χ1n) is 12.2. The van der Waals surface area contributed by atoms with Gasteiger partial charge in [0.1, 0.15) is 11.9 Å². The fourth-order valence-electron chi connectivity index (χ4n) is 4.43. The van der Waals surface area contributed by atoms with Gasteiger partial charge in [0.25, 0.3) is 0 Å². The number of pyridine rings is 1. The maximum absolute atomic E-state index is 12.5. The van der Waals surface area contributed by atoms with Crippen molar-refractivity contribution >= 4 is 11.5 Å². The van der Waals surface area contributed by atoms with Crippen molar-refractivity contribution in [3.63, 3.8) is 0 Å². The van der Waals surface area contributed by atoms with Crippen molar-refractivity contribution in [3.05, 3.63) is 65.6 Å². The van der Waals surface area contributed by atoms with Gasteiger partial charge in [0, 0.05) is 43.0 Å². The van der Waals surface area contributed by atoms with Crippen molar-refractivity contribution in [2.24, 2.45) is 5.92 Å². The molecule has 34 heavy (non-hydrogen) atoms. The second-order valence-corrected chi connectivity index (χ2v) is 9.59. The van der Waals surface area contributed by atoms with Crippen LogP contribution in [0, 0.1) is 12.8 Å². The van der Waals surface area contributed by atoms with Crippen molar-refractivity contribution in [3.8, 4) is 11.6 Å². The summed E-state index contributed by atoms with van der Waals surface area (Å²) in [6.45, 7) is 6.51. The molecule has 2 fully saturated rings. The van der Waals surface area contributed by atoms with E-state index >= 15 is 0 Å². The molecule has 1 N–H and O–H groups in total. The second kappa shape index (κ2) is 9.87. The number of H-pyrrole nitrogens is 1. The number of nitrogens with zero attached hydrogens (tertiary/aromatic N) is 3. The number of carbonyl (C=O) groups is 1. The first-order valence-corrected chi connectivity index (χ1v) is 12.2. The molecule has 1 unspecified atom stereocenters. The van der Waals surface area contributed by atoms with Crippen LogP contribution >= 0.6 is 0 Å². The zero-order valence-corrected chi connectivity index (χ0v) is 19.9. The third-order valence-corrected chi connectivity index (χ3v) is 6.77. The summed E-state index contributed by atoms with van der Waals surface area (Å²) in [7, 11) is 0. The molecule has 0 spiro atoms. The largest absolute Gasteiger partial charge is 0.489 e. The number of aromatic amines is 1. The number of anilines is 1. The Morgan fingerprint density at radius 3 is 2.76 bits per heavy atom. The van der Waals surface area contributed by atoms with Crippen molar-refractivity contribution in [2.45, 2.75) is 51.6 Å². The summed E-state index contributed by atoms with van der Waals surface area (Å²) in [4.78, 5) is 19.2. The highest BCUT2D eigenvalue weighted by atomic mass is 16.5. The van der Waals surface area contributed by atoms with E-state index in [-0.39, 0.29) is 17.8 Å². The Bertz CT molecular complexity index is 1120. The molecule has 7 nitrogen and oxygen atoms in total. The van der Waals surface area contributed by atoms with Gasteiger partial charge in [-0.2, -0.15) is 5.10 Å². The maximum Gasteiger partial charge on any atom is 0.215 e. The van der Waals surface area contributed by atoms with Crippen molar-refractivity contribution in [1.82, 2.24) is 15.2 Å². The Balaban J connectivity index is 1.13. The van der Waals surface area contributed by atoms with Crippen molar-refractivity contribution in [2.75, 3.05) is 24.6 Å². The molecule has 178 valence electrons. The van der Waals surface area contributed by atoms with E-state index in [4.69, 9.17) is 9.47 Å². The van der Waals surface area contributed by atoms with E-state index in [9.17, 15) is 4.79 Å². The number of carbonyl (C=O) groups excluding carboxylic acids is 1. The highest BCUT2D eigenvalue weighted by molar-refractivity contribution is 5.97. The average molecular weight is 461 g/mol. The number of ether oxygens (including phenoxy) is 2. The number of ketones is 1. The number of aryl methyl sites for hydroxylation is 1. The minimum Gasteiger partial charge on any atom is -0.489 e. The Kier molecular flexibility index (Phi) is 6.52. The van der Waals surface area contributed by atoms with E-state index in [1.165, 1.54) is 12.8 Å². The van der Waals surface area contributed by atoms with Crippen LogP contribution < -0.4 is 14.4 Å². The lowest BCUT2D eigenvalue weighted by molar-refractivity contribution is 0.0975. The van der Waals surface area contributed by atoms with Crippen LogP contribution in [0.15, 0.2) is 48.8 Å². The summed E-state index contributed by atoms with van der Waals surface area (Å²) in [5, 5.41) is 6.79. The number of rotatable bonds is 10. The summed E-state index contributed by atoms with van der Waals surface area (Å²) in [6, 6.07) is 12.2. The van der Waals surface area contributed by atoms with Gasteiger partial charge in [0.15, 0.2) is 5.78 Å². The number of benzene rings is 1. The van der Waals surface area contributed by atoms with Gasteiger partial charge in [-0.05, 0) is 55.4 Å². The molecule has 5 rings (SSSR count). The third kappa shape index (κ3) is 5.41. The molecule has 1 aliphatic carbocycles. The second-order valence-electron chi connectivity index (χ2n) is 9.59. The molecule has 1 aliphatic heterocycles. The topological polar surface area (TPSA) is 80.3 Å². The minimum absolute atomic E-state index is 0.113. The van der Waals surface area contributed by atoms with Crippen LogP contribution in [0.25, 0.3) is 0 Å². The van der Waals surface area contributed by atoms with E-state index < -0.39 is 0 Å². The molecule has 1 saturated heterocycles. The molecule has 3 heterocycles. The number of aromatic nitrogens is 3. The molecule has 3 aromatic rings. The molecule has 7 heteroatoms. The monoisotopic (exact) mass is 460 g/mol. The van der Waals surface area contributed by atoms with Gasteiger partial charge in [0.2, 0.25) is 5.88 Å². The molecule has 0 bridgehead atoms. The SMILES string of the molecule is Cc1[nH]ncc1C(=O)C[C@@H](C)c1ccc(OC2CCN(c3ccnc(OCC4CC4)c3)C2)cc1. The highest BCUT2D eigenvalue weighted by Crippen LogP contribution is 2.31. The molecule has 1 saturated carbocycles. The lowest BCUT2D eigenvalue weighted by Gasteiger charge is -2.20. The van der Waals surface area contributed by atoms with Crippen LogP contribution in [0.3, 0.4) is 0 Å². The highest BCUT2D eigenvalue weighted by Gasteiger charge is 2.26. The number of hydrogen-bond donors (Lipinski definition) is 1. The molecular formula is C27H32N4O3. The van der Waals surface area contributed by atoms with Gasteiger partial charge >= 0.3 is 0 Å². The van der Waals surface area contributed by atoms with Gasteiger partial charge in [-0.25, -0.2) is 4.98 Å². The maximum atomic E-state index is 12.5. The Labute approximate surface area is 200 Å². The molecule has 0 amide bonds. The van der Waals surface area contributed by atoms with Crippen LogP contribution in [0.5, 0.6) is 11.6 Å². The minimum atomic E-state index is 0.113. The summed E-state index contributed by atoms with van der Waals surface area (Å²) < 4.78 is 12.1. The number of hydrogen-bond acceptors (Lipinski definition) is 6. The van der Waals surface area contributed by atoms with E-state index in [0.717, 1.165) is 48.8 Å². The number of nitrogens with one attached hydrogen (secondary N) is 1. The van der Waals surface area contributed by atoms with Crippen LogP contribution in [-0.4, -0.2) is 46.8 Å². The van der Waals surface area contributed by atoms with Gasteiger partial charge in [-0.15, -0.1) is 0 Å². The van der Waals surface area contributed by atoms with Gasteiger partial charge in [-0.3, -0.25) is 9.89 Å². The lowest BCUT2D eigenvalue weighted by atomic mass is 9.93. The molecule has 2 atom stereocenters. The van der Waals surface area contributed by atoms with Gasteiger partial charge < -0.3 is 14.4 Å². The van der Waals surface area contributed by atoms with Crippen molar-refractivity contribution < 1.29 is 14.3 Å². The molecular weight excluding hydrogens is 428 g/mol. The van der Waals surface area contributed by atoms with Crippen LogP contribution in [0.1, 0.15) is 60.1 Å². The molecule has 2 aliphatic rings. The van der Waals surface area contributed by atoms with E-state index in [1.807, 2.05) is 37.4 Å². The Morgan fingerprint density at radius 2 is 2.03 bits per heavy atom. The third-order valence-electron chi connectivity index (χ3n) is 6.77. The smallest absolute Gasteiger partial charge is 0.215 e. The quantitative estimate of drug-likeness (QED) is 0.432. The van der Waals surface area contributed by atoms with Gasteiger partial charge in [0.05, 0.1) is 24.9 Å². The van der Waals surface area contributed by atoms with Crippen LogP contribution in [-0.2, 0) is 0 Å². The first kappa shape index (κ1) is 22.4. The average Bonchev–Trinajstić information content (AvgIpc) is 3.39. The fraction of sp³-hybridized carbons (Fsp3) is 0.444. The summed E-state index contributed by atoms with van der Waals surface area (Å²) in [5.41, 5.74) is 3.76. The van der Waals surface area contributed by atoms with Crippen LogP contribution in [0.4, 0.5) is 5.69 Å². The summed E-state index contributed by atoms with van der Waals surface area (Å²) in [5.74, 6) is 2.52. The Hall–Kier alpha value is -3.35. The predicted molar refractivity (Wildman–Crippen MR) is 131 cm³/mol. The molecule has 2 aromatic heterocycles. The number of Topliss-reactive ketones (excluding diaryl/α,β-unsaturated/α-hetero) is 1. The van der Waals surface area contributed by atoms with E-state index in [2.05, 4.69) is 39.1 Å². The lowest BCUT2D eigenvalue weighted by Crippen LogP contribution is -2.24. The zero-order chi connectivity index (χ0) is 23.5. The van der Waals surface area contributed by atoms with E-state index in [0.29, 0.717) is 23.8 Å². The first-order chi connectivity index (χ1) is 16.5. The fourth-order valence-corrected chi connectivity index (χ4v) is 4.43.